The number of hydrogen-bond donors (Lipinski definition) is 1. The molecule has 1 aromatic rings. The molecule has 1 N–H and O–H groups in total. The molecule has 1 atom stereocenters. The van der Waals surface area contributed by atoms with E-state index in [1.807, 2.05) is 25.1 Å². The molecular formula is C27H30ClF2NO4. The van der Waals surface area contributed by atoms with Gasteiger partial charge in [-0.1, -0.05) is 37.4 Å². The standard InChI is InChI=1S/C27H30ClF2NO4/c1-24(18-4-5-21(20(28)8-18)35-7-6-16-2-3-16)11-22(32)31(12-19(24)17-9-27(29,30)10-17)26-13-25(14-26,15-26)23(33)34/h4-5,8,12,16-17H,2-3,6-7,9-11,13-15H2,1H3,(H,33,34)/t24-,25?,26?/m0/s1. The third-order valence-corrected chi connectivity index (χ3v) is 9.52. The average Bonchev–Trinajstić information content (AvgIpc) is 3.51. The van der Waals surface area contributed by atoms with Crippen LogP contribution in [0.5, 0.6) is 5.75 Å². The number of amides is 1. The average molecular weight is 506 g/mol. The second-order valence-electron chi connectivity index (χ2n) is 11.9. The maximum Gasteiger partial charge on any atom is 0.309 e. The molecule has 5 fully saturated rings. The summed E-state index contributed by atoms with van der Waals surface area (Å²) in [6, 6.07) is 5.52. The Labute approximate surface area is 208 Å². The van der Waals surface area contributed by atoms with Crippen molar-refractivity contribution in [1.29, 1.82) is 0 Å². The number of benzene rings is 1. The van der Waals surface area contributed by atoms with Gasteiger partial charge in [-0.3, -0.25) is 9.59 Å². The van der Waals surface area contributed by atoms with Gasteiger partial charge < -0.3 is 14.7 Å². The second-order valence-corrected chi connectivity index (χ2v) is 12.3. The molecule has 8 heteroatoms. The summed E-state index contributed by atoms with van der Waals surface area (Å²) in [6.45, 7) is 2.54. The monoisotopic (exact) mass is 505 g/mol. The van der Waals surface area contributed by atoms with Crippen LogP contribution in [0.1, 0.15) is 70.3 Å². The third kappa shape index (κ3) is 3.59. The molecule has 5 saturated carbocycles. The van der Waals surface area contributed by atoms with E-state index in [9.17, 15) is 23.5 Å². The van der Waals surface area contributed by atoms with Gasteiger partial charge in [0.25, 0.3) is 0 Å². The lowest BCUT2D eigenvalue weighted by atomic mass is 9.38. The number of alkyl halides is 2. The smallest absolute Gasteiger partial charge is 0.309 e. The fourth-order valence-electron chi connectivity index (χ4n) is 6.87. The van der Waals surface area contributed by atoms with Crippen LogP contribution in [0.2, 0.25) is 5.02 Å². The summed E-state index contributed by atoms with van der Waals surface area (Å²) in [6.07, 6.45) is 6.26. The molecule has 5 aliphatic carbocycles. The molecule has 35 heavy (non-hydrogen) atoms. The summed E-state index contributed by atoms with van der Waals surface area (Å²) >= 11 is 6.57. The minimum absolute atomic E-state index is 0.0955. The van der Waals surface area contributed by atoms with Gasteiger partial charge in [-0.15, -0.1) is 0 Å². The Morgan fingerprint density at radius 3 is 2.49 bits per heavy atom. The van der Waals surface area contributed by atoms with E-state index in [-0.39, 0.29) is 31.1 Å². The Kier molecular flexibility index (Phi) is 4.94. The lowest BCUT2D eigenvalue weighted by molar-refractivity contribution is -0.224. The normalized spacial score (nSPS) is 35.5. The van der Waals surface area contributed by atoms with Gasteiger partial charge in [-0.2, -0.15) is 0 Å². The van der Waals surface area contributed by atoms with Crippen molar-refractivity contribution in [2.75, 3.05) is 6.61 Å². The Bertz CT molecular complexity index is 1120. The van der Waals surface area contributed by atoms with Crippen molar-refractivity contribution in [3.8, 4) is 5.75 Å². The predicted molar refractivity (Wildman–Crippen MR) is 126 cm³/mol. The van der Waals surface area contributed by atoms with E-state index in [0.29, 0.717) is 36.6 Å². The van der Waals surface area contributed by atoms with E-state index in [2.05, 4.69) is 0 Å². The van der Waals surface area contributed by atoms with Crippen LogP contribution in [0.25, 0.3) is 0 Å². The summed E-state index contributed by atoms with van der Waals surface area (Å²) in [7, 11) is 0. The number of rotatable bonds is 8. The van der Waals surface area contributed by atoms with E-state index >= 15 is 0 Å². The molecule has 0 radical (unpaired) electrons. The zero-order valence-corrected chi connectivity index (χ0v) is 20.5. The van der Waals surface area contributed by atoms with E-state index in [1.54, 1.807) is 11.1 Å². The minimum Gasteiger partial charge on any atom is -0.492 e. The van der Waals surface area contributed by atoms with Crippen molar-refractivity contribution in [3.63, 3.8) is 0 Å². The fourth-order valence-corrected chi connectivity index (χ4v) is 7.11. The summed E-state index contributed by atoms with van der Waals surface area (Å²) in [5.74, 6) is -2.59. The zero-order valence-electron chi connectivity index (χ0n) is 19.8. The van der Waals surface area contributed by atoms with Gasteiger partial charge in [0.05, 0.1) is 22.6 Å². The van der Waals surface area contributed by atoms with Gasteiger partial charge in [0.15, 0.2) is 0 Å². The number of carbonyl (C=O) groups is 2. The van der Waals surface area contributed by atoms with Gasteiger partial charge in [-0.25, -0.2) is 8.78 Å². The van der Waals surface area contributed by atoms with Crippen LogP contribution in [0.15, 0.2) is 30.0 Å². The molecule has 1 heterocycles. The van der Waals surface area contributed by atoms with Gasteiger partial charge in [0.1, 0.15) is 5.75 Å². The number of carboxylic acid groups (broad SMARTS) is 1. The van der Waals surface area contributed by atoms with Crippen molar-refractivity contribution in [2.45, 2.75) is 81.6 Å². The molecule has 0 saturated heterocycles. The molecule has 1 aromatic carbocycles. The second kappa shape index (κ2) is 7.44. The molecular weight excluding hydrogens is 476 g/mol. The van der Waals surface area contributed by atoms with E-state index < -0.39 is 28.3 Å². The lowest BCUT2D eigenvalue weighted by Crippen LogP contribution is -2.77. The van der Waals surface area contributed by atoms with E-state index in [4.69, 9.17) is 16.3 Å². The van der Waals surface area contributed by atoms with Crippen LogP contribution < -0.4 is 4.74 Å². The lowest BCUT2D eigenvalue weighted by Gasteiger charge is -2.71. The summed E-state index contributed by atoms with van der Waals surface area (Å²) in [5.41, 5.74) is -0.340. The SMILES string of the molecule is C[C@@]1(c2ccc(OCCC3CC3)c(Cl)c2)CC(=O)N(C23CC(C(=O)O)(C2)C3)C=C1C1CC(F)(F)C1. The zero-order chi connectivity index (χ0) is 24.8. The Balaban J connectivity index is 1.29. The molecule has 6 aliphatic rings. The van der Waals surface area contributed by atoms with Crippen LogP contribution in [0.4, 0.5) is 8.78 Å². The molecule has 1 amide bonds. The minimum atomic E-state index is -2.70. The summed E-state index contributed by atoms with van der Waals surface area (Å²) in [4.78, 5) is 26.7. The van der Waals surface area contributed by atoms with E-state index in [1.165, 1.54) is 12.8 Å². The number of hydrogen-bond acceptors (Lipinski definition) is 3. The maximum absolute atomic E-state index is 13.9. The highest BCUT2D eigenvalue weighted by Gasteiger charge is 2.75. The van der Waals surface area contributed by atoms with E-state index in [0.717, 1.165) is 23.5 Å². The van der Waals surface area contributed by atoms with Gasteiger partial charge in [-0.05, 0) is 60.8 Å². The number of allylic oxidation sites excluding steroid dienone is 1. The van der Waals surface area contributed by atoms with Gasteiger partial charge >= 0.3 is 5.97 Å². The summed E-state index contributed by atoms with van der Waals surface area (Å²) < 4.78 is 33.7. The van der Waals surface area contributed by atoms with Crippen molar-refractivity contribution >= 4 is 23.5 Å². The van der Waals surface area contributed by atoms with Crippen LogP contribution >= 0.6 is 11.6 Å². The first-order valence-corrected chi connectivity index (χ1v) is 12.9. The van der Waals surface area contributed by atoms with Crippen molar-refractivity contribution in [1.82, 2.24) is 4.90 Å². The fraction of sp³-hybridized carbons (Fsp3) is 0.630. The maximum atomic E-state index is 13.9. The molecule has 1 aliphatic heterocycles. The van der Waals surface area contributed by atoms with Crippen molar-refractivity contribution in [2.24, 2.45) is 17.3 Å². The Morgan fingerprint density at radius 1 is 1.23 bits per heavy atom. The van der Waals surface area contributed by atoms with Gasteiger partial charge in [0.2, 0.25) is 11.8 Å². The van der Waals surface area contributed by atoms with Crippen molar-refractivity contribution in [3.05, 3.63) is 40.6 Å². The number of halogens is 3. The number of carboxylic acids is 1. The molecule has 2 bridgehead atoms. The topological polar surface area (TPSA) is 66.8 Å². The predicted octanol–water partition coefficient (Wildman–Crippen LogP) is 5.95. The first kappa shape index (κ1) is 23.3. The summed E-state index contributed by atoms with van der Waals surface area (Å²) in [5, 5.41) is 9.95. The Hall–Kier alpha value is -2.15. The number of aliphatic carboxylic acids is 1. The number of carbonyl (C=O) groups excluding carboxylic acids is 1. The molecule has 0 unspecified atom stereocenters. The largest absolute Gasteiger partial charge is 0.492 e. The Morgan fingerprint density at radius 2 is 1.91 bits per heavy atom. The molecule has 5 nitrogen and oxygen atoms in total. The molecule has 7 rings (SSSR count). The number of ether oxygens (including phenoxy) is 1. The quantitative estimate of drug-likeness (QED) is 0.474. The molecule has 0 spiro atoms. The first-order chi connectivity index (χ1) is 16.5. The highest BCUT2D eigenvalue weighted by molar-refractivity contribution is 6.32. The van der Waals surface area contributed by atoms with Crippen molar-refractivity contribution < 1.29 is 28.2 Å². The highest BCUT2D eigenvalue weighted by atomic mass is 35.5. The van der Waals surface area contributed by atoms with Crippen LogP contribution in [0.3, 0.4) is 0 Å². The van der Waals surface area contributed by atoms with Crippen LogP contribution in [0, 0.1) is 17.3 Å². The molecule has 188 valence electrons. The molecule has 0 aromatic heterocycles. The highest BCUT2D eigenvalue weighted by Crippen LogP contribution is 2.71. The van der Waals surface area contributed by atoms with Gasteiger partial charge in [0, 0.05) is 30.9 Å². The van der Waals surface area contributed by atoms with Crippen LogP contribution in [-0.4, -0.2) is 40.0 Å². The number of nitrogens with zero attached hydrogens (tertiary/aromatic N) is 1. The van der Waals surface area contributed by atoms with Crippen LogP contribution in [-0.2, 0) is 15.0 Å². The third-order valence-electron chi connectivity index (χ3n) is 9.23. The first-order valence-electron chi connectivity index (χ1n) is 12.5.